The van der Waals surface area contributed by atoms with Gasteiger partial charge in [0.05, 0.1) is 0 Å². The molecule has 0 fully saturated rings. The lowest BCUT2D eigenvalue weighted by molar-refractivity contribution is 0.668. The summed E-state index contributed by atoms with van der Waals surface area (Å²) in [4.78, 5) is 4.61. The Bertz CT molecular complexity index is 2760. The Balaban J connectivity index is 1.01. The second-order valence-corrected chi connectivity index (χ2v) is 13.4. The van der Waals surface area contributed by atoms with Crippen LogP contribution in [0, 0.1) is 0 Å². The van der Waals surface area contributed by atoms with Crippen LogP contribution in [0.1, 0.15) is 11.1 Å². The number of anilines is 6. The number of furan rings is 2. The Morgan fingerprint density at radius 3 is 1.11 bits per heavy atom. The largest absolute Gasteiger partial charge is 0.456 e. The molecule has 0 aliphatic carbocycles. The molecule has 0 atom stereocenters. The van der Waals surface area contributed by atoms with Gasteiger partial charge in [-0.05, 0) is 108 Å². The summed E-state index contributed by atoms with van der Waals surface area (Å²) in [5.41, 5.74) is 12.2. The van der Waals surface area contributed by atoms with Crippen LogP contribution in [0.2, 0.25) is 0 Å². The summed E-state index contributed by atoms with van der Waals surface area (Å²) < 4.78 is 12.3. The zero-order chi connectivity index (χ0) is 35.8. The van der Waals surface area contributed by atoms with Crippen molar-refractivity contribution in [2.45, 2.75) is 0 Å². The van der Waals surface area contributed by atoms with E-state index in [9.17, 15) is 0 Å². The number of nitrogens with zero attached hydrogens (tertiary/aromatic N) is 2. The van der Waals surface area contributed by atoms with Gasteiger partial charge in [0, 0.05) is 55.7 Å². The summed E-state index contributed by atoms with van der Waals surface area (Å²) in [6.07, 6.45) is 4.38. The Hall–Kier alpha value is -7.30. The van der Waals surface area contributed by atoms with E-state index in [1.807, 2.05) is 24.3 Å². The minimum atomic E-state index is 0.883. The highest BCUT2D eigenvalue weighted by atomic mass is 16.3. The van der Waals surface area contributed by atoms with Crippen LogP contribution in [0.3, 0.4) is 0 Å². The van der Waals surface area contributed by atoms with Gasteiger partial charge in [-0.25, -0.2) is 0 Å². The smallest absolute Gasteiger partial charge is 0.135 e. The Morgan fingerprint density at radius 2 is 0.648 bits per heavy atom. The van der Waals surface area contributed by atoms with E-state index >= 15 is 0 Å². The molecule has 10 rings (SSSR count). The molecule has 2 heterocycles. The van der Waals surface area contributed by atoms with Crippen LogP contribution >= 0.6 is 0 Å². The van der Waals surface area contributed by atoms with Gasteiger partial charge in [0.2, 0.25) is 0 Å². The van der Waals surface area contributed by atoms with Gasteiger partial charge in [-0.3, -0.25) is 0 Å². The van der Waals surface area contributed by atoms with Gasteiger partial charge in [0.1, 0.15) is 22.3 Å². The summed E-state index contributed by atoms with van der Waals surface area (Å²) in [5, 5.41) is 4.43. The number of benzene rings is 8. The molecule has 0 radical (unpaired) electrons. The summed E-state index contributed by atoms with van der Waals surface area (Å²) in [6, 6.07) is 67.7. The van der Waals surface area contributed by atoms with Crippen LogP contribution in [0.4, 0.5) is 34.1 Å². The monoisotopic (exact) mass is 694 g/mol. The van der Waals surface area contributed by atoms with Crippen LogP contribution in [-0.4, -0.2) is 0 Å². The fourth-order valence-corrected chi connectivity index (χ4v) is 7.48. The van der Waals surface area contributed by atoms with Crippen molar-refractivity contribution in [1.82, 2.24) is 0 Å². The van der Waals surface area contributed by atoms with Crippen LogP contribution in [0.25, 0.3) is 56.0 Å². The van der Waals surface area contributed by atoms with Crippen LogP contribution in [0.5, 0.6) is 0 Å². The quantitative estimate of drug-likeness (QED) is 0.148. The maximum Gasteiger partial charge on any atom is 0.135 e. The lowest BCUT2D eigenvalue weighted by Gasteiger charge is -2.26. The minimum absolute atomic E-state index is 0.883. The molecule has 10 aromatic rings. The molecule has 0 saturated carbocycles. The minimum Gasteiger partial charge on any atom is -0.456 e. The molecule has 0 amide bonds. The van der Waals surface area contributed by atoms with Crippen molar-refractivity contribution in [3.8, 4) is 0 Å². The molecule has 0 unspecified atom stereocenters. The number of fused-ring (bicyclic) bond motifs is 6. The van der Waals surface area contributed by atoms with E-state index in [4.69, 9.17) is 8.83 Å². The Morgan fingerprint density at radius 1 is 0.278 bits per heavy atom. The Labute approximate surface area is 313 Å². The highest BCUT2D eigenvalue weighted by molar-refractivity contribution is 6.07. The third kappa shape index (κ3) is 5.76. The zero-order valence-electron chi connectivity index (χ0n) is 29.3. The number of hydrogen-bond acceptors (Lipinski definition) is 4. The second kappa shape index (κ2) is 13.4. The van der Waals surface area contributed by atoms with Crippen molar-refractivity contribution in [2.24, 2.45) is 0 Å². The van der Waals surface area contributed by atoms with E-state index in [0.29, 0.717) is 0 Å². The Kier molecular flexibility index (Phi) is 7.77. The van der Waals surface area contributed by atoms with Crippen LogP contribution < -0.4 is 9.80 Å². The number of para-hydroxylation sites is 4. The first-order valence-electron chi connectivity index (χ1n) is 18.2. The number of hydrogen-bond donors (Lipinski definition) is 0. The molecular formula is C50H34N2O2. The molecule has 0 aliphatic heterocycles. The van der Waals surface area contributed by atoms with Gasteiger partial charge < -0.3 is 18.6 Å². The third-order valence-electron chi connectivity index (χ3n) is 9.99. The molecule has 256 valence electrons. The topological polar surface area (TPSA) is 32.8 Å². The molecule has 4 nitrogen and oxygen atoms in total. The van der Waals surface area contributed by atoms with Crippen LogP contribution in [-0.2, 0) is 0 Å². The second-order valence-electron chi connectivity index (χ2n) is 13.4. The van der Waals surface area contributed by atoms with Gasteiger partial charge >= 0.3 is 0 Å². The molecule has 0 bridgehead atoms. The lowest BCUT2D eigenvalue weighted by Crippen LogP contribution is -2.10. The van der Waals surface area contributed by atoms with E-state index in [1.54, 1.807) is 0 Å². The van der Waals surface area contributed by atoms with Crippen molar-refractivity contribution < 1.29 is 8.83 Å². The molecule has 4 heteroatoms. The van der Waals surface area contributed by atoms with Crippen molar-refractivity contribution in [1.29, 1.82) is 0 Å². The summed E-state index contributed by atoms with van der Waals surface area (Å²) >= 11 is 0. The molecule has 0 saturated heterocycles. The molecule has 2 aromatic heterocycles. The lowest BCUT2D eigenvalue weighted by atomic mass is 10.1. The summed E-state index contributed by atoms with van der Waals surface area (Å²) in [7, 11) is 0. The van der Waals surface area contributed by atoms with Gasteiger partial charge in [-0.2, -0.15) is 0 Å². The van der Waals surface area contributed by atoms with E-state index in [2.05, 4.69) is 192 Å². The van der Waals surface area contributed by atoms with Crippen LogP contribution in [0.15, 0.2) is 203 Å². The number of rotatable bonds is 8. The predicted octanol–water partition coefficient (Wildman–Crippen LogP) is 14.6. The van der Waals surface area contributed by atoms with Crippen molar-refractivity contribution in [2.75, 3.05) is 9.80 Å². The zero-order valence-corrected chi connectivity index (χ0v) is 29.3. The normalized spacial score (nSPS) is 11.6. The summed E-state index contributed by atoms with van der Waals surface area (Å²) in [5.74, 6) is 0. The van der Waals surface area contributed by atoms with E-state index < -0.39 is 0 Å². The van der Waals surface area contributed by atoms with Gasteiger partial charge in [-0.1, -0.05) is 109 Å². The molecular weight excluding hydrogens is 661 g/mol. The SMILES string of the molecule is C(=C\c1cccc(N(c2ccccc2)c2ccc3oc4ccccc4c3c2)c1)/c1cccc(N(c2ccccc2)c2ccc3oc4ccccc4c3c2)c1. The third-order valence-corrected chi connectivity index (χ3v) is 9.99. The predicted molar refractivity (Wildman–Crippen MR) is 226 cm³/mol. The summed E-state index contributed by atoms with van der Waals surface area (Å²) in [6.45, 7) is 0. The highest BCUT2D eigenvalue weighted by Gasteiger charge is 2.17. The maximum atomic E-state index is 6.16. The fourth-order valence-electron chi connectivity index (χ4n) is 7.48. The van der Waals surface area contributed by atoms with Gasteiger partial charge in [-0.15, -0.1) is 0 Å². The highest BCUT2D eigenvalue weighted by Crippen LogP contribution is 2.41. The molecule has 0 aliphatic rings. The molecule has 54 heavy (non-hydrogen) atoms. The molecule has 0 N–H and O–H groups in total. The fraction of sp³-hybridized carbons (Fsp3) is 0. The standard InChI is InChI=1S/C50H34N2O2/c1-3-15-37(16-4-1)51(41-27-29-49-45(33-41)43-21-7-9-23-47(43)53-49)39-19-11-13-35(31-39)25-26-36-14-12-20-40(32-36)52(38-17-5-2-6-18-38)42-28-30-50-46(34-42)44-22-8-10-24-48(44)54-50/h1-34H/b26-25+. The first-order chi connectivity index (χ1) is 26.7. The average molecular weight is 695 g/mol. The van der Waals surface area contributed by atoms with E-state index in [1.165, 1.54) is 0 Å². The van der Waals surface area contributed by atoms with Gasteiger partial charge in [0.15, 0.2) is 0 Å². The molecule has 0 spiro atoms. The molecule has 8 aromatic carbocycles. The van der Waals surface area contributed by atoms with Gasteiger partial charge in [0.25, 0.3) is 0 Å². The van der Waals surface area contributed by atoms with E-state index in [0.717, 1.165) is 89.1 Å². The first-order valence-corrected chi connectivity index (χ1v) is 18.2. The maximum absolute atomic E-state index is 6.16. The average Bonchev–Trinajstić information content (AvgIpc) is 3.79. The van der Waals surface area contributed by atoms with Crippen molar-refractivity contribution in [3.05, 3.63) is 205 Å². The first kappa shape index (κ1) is 31.4. The van der Waals surface area contributed by atoms with Crippen molar-refractivity contribution in [3.63, 3.8) is 0 Å². The van der Waals surface area contributed by atoms with E-state index in [-0.39, 0.29) is 0 Å². The van der Waals surface area contributed by atoms with Crippen molar-refractivity contribution >= 4 is 90.2 Å².